The van der Waals surface area contributed by atoms with Crippen molar-refractivity contribution in [2.45, 2.75) is 0 Å². The Hall–Kier alpha value is -1.86. The van der Waals surface area contributed by atoms with Crippen LogP contribution >= 0.6 is 0 Å². The second-order valence-electron chi connectivity index (χ2n) is 2.85. The van der Waals surface area contributed by atoms with Crippen LogP contribution in [0.25, 0.3) is 10.9 Å². The molecule has 1 aromatic carbocycles. The quantitative estimate of drug-likeness (QED) is 0.479. The Morgan fingerprint density at radius 1 is 1.38 bits per heavy atom. The van der Waals surface area contributed by atoms with E-state index in [9.17, 15) is 4.79 Å². The zero-order valence-electron chi connectivity index (χ0n) is 7.19. The molecular formula is C10H8N2O. The van der Waals surface area contributed by atoms with Crippen molar-refractivity contribution in [3.63, 3.8) is 0 Å². The molecule has 2 aromatic rings. The highest BCUT2D eigenvalue weighted by Gasteiger charge is 2.03. The van der Waals surface area contributed by atoms with E-state index < -0.39 is 0 Å². The van der Waals surface area contributed by atoms with E-state index in [4.69, 9.17) is 0 Å². The second-order valence-corrected chi connectivity index (χ2v) is 2.85. The second kappa shape index (κ2) is 2.88. The van der Waals surface area contributed by atoms with Gasteiger partial charge >= 0.3 is 0 Å². The standard InChI is InChI=1S/C10H8N2O/c1-12-6-9(11-7-13)8-4-2-3-5-10(8)12/h2-6H,1H3. The Balaban J connectivity index is 2.85. The number of para-hydroxylation sites is 1. The maximum absolute atomic E-state index is 10.1. The molecular weight excluding hydrogens is 164 g/mol. The molecule has 0 fully saturated rings. The number of hydrogen-bond acceptors (Lipinski definition) is 2. The number of fused-ring (bicyclic) bond motifs is 1. The number of hydrogen-bond donors (Lipinski definition) is 0. The smallest absolute Gasteiger partial charge is 0.240 e. The summed E-state index contributed by atoms with van der Waals surface area (Å²) in [4.78, 5) is 13.8. The van der Waals surface area contributed by atoms with Gasteiger partial charge in [-0.3, -0.25) is 0 Å². The zero-order chi connectivity index (χ0) is 9.26. The molecule has 0 saturated carbocycles. The predicted octanol–water partition coefficient (Wildman–Crippen LogP) is 2.15. The van der Waals surface area contributed by atoms with Gasteiger partial charge in [0.25, 0.3) is 0 Å². The van der Waals surface area contributed by atoms with Crippen LogP contribution in [0.15, 0.2) is 35.5 Å². The summed E-state index contributed by atoms with van der Waals surface area (Å²) in [6.45, 7) is 0. The van der Waals surface area contributed by atoms with Gasteiger partial charge in [-0.2, -0.15) is 4.99 Å². The van der Waals surface area contributed by atoms with Crippen LogP contribution in [0.5, 0.6) is 0 Å². The number of nitrogens with zero attached hydrogens (tertiary/aromatic N) is 2. The van der Waals surface area contributed by atoms with Crippen molar-refractivity contribution in [1.29, 1.82) is 0 Å². The molecule has 0 saturated heterocycles. The van der Waals surface area contributed by atoms with Gasteiger partial charge in [-0.1, -0.05) is 18.2 Å². The maximum atomic E-state index is 10.1. The average Bonchev–Trinajstić information content (AvgIpc) is 2.46. The van der Waals surface area contributed by atoms with Crippen LogP contribution in [0.2, 0.25) is 0 Å². The van der Waals surface area contributed by atoms with Gasteiger partial charge in [0.15, 0.2) is 0 Å². The summed E-state index contributed by atoms with van der Waals surface area (Å²) in [5.41, 5.74) is 1.74. The van der Waals surface area contributed by atoms with Crippen molar-refractivity contribution < 1.29 is 4.79 Å². The molecule has 0 atom stereocenters. The van der Waals surface area contributed by atoms with Crippen LogP contribution in [0, 0.1) is 0 Å². The van der Waals surface area contributed by atoms with E-state index in [1.54, 1.807) is 6.08 Å². The number of isocyanates is 1. The van der Waals surface area contributed by atoms with Gasteiger partial charge in [0, 0.05) is 18.6 Å². The topological polar surface area (TPSA) is 34.4 Å². The monoisotopic (exact) mass is 172 g/mol. The van der Waals surface area contributed by atoms with Crippen molar-refractivity contribution in [3.8, 4) is 0 Å². The van der Waals surface area contributed by atoms with Crippen LogP contribution in [-0.4, -0.2) is 10.6 Å². The van der Waals surface area contributed by atoms with E-state index >= 15 is 0 Å². The number of aromatic nitrogens is 1. The van der Waals surface area contributed by atoms with Crippen molar-refractivity contribution in [1.82, 2.24) is 4.57 Å². The predicted molar refractivity (Wildman–Crippen MR) is 50.7 cm³/mol. The molecule has 0 aliphatic heterocycles. The number of aryl methyl sites for hydroxylation is 1. The lowest BCUT2D eigenvalue weighted by atomic mass is 10.2. The van der Waals surface area contributed by atoms with Crippen LogP contribution in [0.1, 0.15) is 0 Å². The van der Waals surface area contributed by atoms with Gasteiger partial charge in [-0.05, 0) is 6.07 Å². The minimum absolute atomic E-state index is 0.674. The molecule has 0 N–H and O–H groups in total. The Labute approximate surface area is 75.3 Å². The highest BCUT2D eigenvalue weighted by atomic mass is 16.1. The molecule has 3 nitrogen and oxygen atoms in total. The van der Waals surface area contributed by atoms with Gasteiger partial charge < -0.3 is 4.57 Å². The summed E-state index contributed by atoms with van der Waals surface area (Å²) < 4.78 is 1.94. The summed E-state index contributed by atoms with van der Waals surface area (Å²) in [6, 6.07) is 7.80. The molecule has 0 aliphatic rings. The van der Waals surface area contributed by atoms with E-state index in [1.807, 2.05) is 42.1 Å². The minimum Gasteiger partial charge on any atom is -0.348 e. The largest absolute Gasteiger partial charge is 0.348 e. The lowest BCUT2D eigenvalue weighted by molar-refractivity contribution is 0.565. The lowest BCUT2D eigenvalue weighted by Gasteiger charge is -1.92. The first kappa shape index (κ1) is 7.77. The summed E-state index contributed by atoms with van der Waals surface area (Å²) >= 11 is 0. The fourth-order valence-electron chi connectivity index (χ4n) is 1.46. The molecule has 13 heavy (non-hydrogen) atoms. The molecule has 0 bridgehead atoms. The first-order valence-electron chi connectivity index (χ1n) is 3.95. The zero-order valence-corrected chi connectivity index (χ0v) is 7.19. The minimum atomic E-state index is 0.674. The average molecular weight is 172 g/mol. The first-order valence-corrected chi connectivity index (χ1v) is 3.95. The van der Waals surface area contributed by atoms with E-state index in [-0.39, 0.29) is 0 Å². The van der Waals surface area contributed by atoms with Crippen molar-refractivity contribution in [2.24, 2.45) is 12.0 Å². The third kappa shape index (κ3) is 1.15. The fraction of sp³-hybridized carbons (Fsp3) is 0.100. The van der Waals surface area contributed by atoms with Gasteiger partial charge in [-0.15, -0.1) is 0 Å². The molecule has 64 valence electrons. The van der Waals surface area contributed by atoms with Gasteiger partial charge in [0.1, 0.15) is 5.69 Å². The molecule has 0 unspecified atom stereocenters. The molecule has 0 spiro atoms. The normalized spacial score (nSPS) is 9.92. The van der Waals surface area contributed by atoms with Gasteiger partial charge in [-0.25, -0.2) is 4.79 Å². The van der Waals surface area contributed by atoms with Crippen molar-refractivity contribution in [2.75, 3.05) is 0 Å². The Morgan fingerprint density at radius 2 is 2.15 bits per heavy atom. The summed E-state index contributed by atoms with van der Waals surface area (Å²) in [5.74, 6) is 0. The van der Waals surface area contributed by atoms with Crippen molar-refractivity contribution in [3.05, 3.63) is 30.5 Å². The Bertz CT molecular complexity index is 493. The molecule has 0 radical (unpaired) electrons. The number of benzene rings is 1. The molecule has 1 heterocycles. The lowest BCUT2D eigenvalue weighted by Crippen LogP contribution is -1.81. The van der Waals surface area contributed by atoms with Crippen molar-refractivity contribution >= 4 is 22.7 Å². The van der Waals surface area contributed by atoms with E-state index in [0.717, 1.165) is 10.9 Å². The van der Waals surface area contributed by atoms with Crippen LogP contribution < -0.4 is 0 Å². The molecule has 1 aromatic heterocycles. The molecule has 0 amide bonds. The third-order valence-electron chi connectivity index (χ3n) is 2.04. The van der Waals surface area contributed by atoms with Crippen LogP contribution in [0.3, 0.4) is 0 Å². The number of aliphatic imine (C=N–C) groups is 1. The van der Waals surface area contributed by atoms with E-state index in [0.29, 0.717) is 5.69 Å². The third-order valence-corrected chi connectivity index (χ3v) is 2.04. The van der Waals surface area contributed by atoms with Crippen LogP contribution in [0.4, 0.5) is 5.69 Å². The molecule has 3 heteroatoms. The summed E-state index contributed by atoms with van der Waals surface area (Å²) in [6.07, 6.45) is 3.37. The van der Waals surface area contributed by atoms with Crippen LogP contribution in [-0.2, 0) is 11.8 Å². The maximum Gasteiger partial charge on any atom is 0.240 e. The summed E-state index contributed by atoms with van der Waals surface area (Å²) in [5, 5.41) is 0.980. The number of carbonyl (C=O) groups excluding carboxylic acids is 1. The van der Waals surface area contributed by atoms with E-state index in [1.165, 1.54) is 0 Å². The summed E-state index contributed by atoms with van der Waals surface area (Å²) in [7, 11) is 1.92. The Morgan fingerprint density at radius 3 is 2.92 bits per heavy atom. The highest BCUT2D eigenvalue weighted by Crippen LogP contribution is 2.26. The SMILES string of the molecule is Cn1cc(N=C=O)c2ccccc21. The van der Waals surface area contributed by atoms with Gasteiger partial charge in [0.05, 0.1) is 5.52 Å². The molecule has 2 rings (SSSR count). The van der Waals surface area contributed by atoms with E-state index in [2.05, 4.69) is 4.99 Å². The Kier molecular flexibility index (Phi) is 1.72. The number of rotatable bonds is 1. The molecule has 0 aliphatic carbocycles. The first-order chi connectivity index (χ1) is 6.33. The fourth-order valence-corrected chi connectivity index (χ4v) is 1.46. The highest BCUT2D eigenvalue weighted by molar-refractivity contribution is 5.92. The van der Waals surface area contributed by atoms with Gasteiger partial charge in [0.2, 0.25) is 6.08 Å².